The van der Waals surface area contributed by atoms with Crippen LogP contribution in [0, 0.1) is 5.82 Å². The van der Waals surface area contributed by atoms with Gasteiger partial charge in [0, 0.05) is 23.2 Å². The molecule has 98 valence electrons. The Kier molecular flexibility index (Phi) is 3.35. The lowest BCUT2D eigenvalue weighted by Gasteiger charge is -2.39. The fraction of sp³-hybridized carbons (Fsp3) is 0.538. The molecule has 1 aromatic rings. The molecule has 0 amide bonds. The first-order valence-corrected chi connectivity index (χ1v) is 7.43. The second-order valence-corrected chi connectivity index (χ2v) is 6.00. The van der Waals surface area contributed by atoms with Crippen molar-refractivity contribution in [2.45, 2.75) is 23.8 Å². The molecule has 2 aliphatic rings. The van der Waals surface area contributed by atoms with Crippen LogP contribution in [0.4, 0.5) is 15.8 Å². The SMILES string of the molecule is Nc1cc2c(cc1F)SCCN2C1CCNCC1. The van der Waals surface area contributed by atoms with E-state index >= 15 is 0 Å². The lowest BCUT2D eigenvalue weighted by Crippen LogP contribution is -2.45. The summed E-state index contributed by atoms with van der Waals surface area (Å²) in [5.74, 6) is 0.730. The molecule has 0 atom stereocenters. The van der Waals surface area contributed by atoms with Crippen molar-refractivity contribution >= 4 is 23.1 Å². The van der Waals surface area contributed by atoms with Crippen LogP contribution in [0.1, 0.15) is 12.8 Å². The average Bonchev–Trinajstić information content (AvgIpc) is 2.40. The van der Waals surface area contributed by atoms with Crippen molar-refractivity contribution in [2.75, 3.05) is 36.0 Å². The van der Waals surface area contributed by atoms with Gasteiger partial charge in [-0.1, -0.05) is 0 Å². The van der Waals surface area contributed by atoms with E-state index in [1.54, 1.807) is 23.9 Å². The van der Waals surface area contributed by atoms with Crippen LogP contribution in [0.15, 0.2) is 17.0 Å². The highest BCUT2D eigenvalue weighted by molar-refractivity contribution is 7.99. The van der Waals surface area contributed by atoms with Crippen LogP contribution in [0.3, 0.4) is 0 Å². The van der Waals surface area contributed by atoms with Crippen LogP contribution in [-0.2, 0) is 0 Å². The first-order chi connectivity index (χ1) is 8.75. The van der Waals surface area contributed by atoms with Gasteiger partial charge in [0.05, 0.1) is 11.4 Å². The fourth-order valence-corrected chi connectivity index (χ4v) is 3.79. The van der Waals surface area contributed by atoms with Crippen molar-refractivity contribution in [3.63, 3.8) is 0 Å². The van der Waals surface area contributed by atoms with Crippen LogP contribution in [0.5, 0.6) is 0 Å². The van der Waals surface area contributed by atoms with Crippen LogP contribution < -0.4 is 16.0 Å². The van der Waals surface area contributed by atoms with Crippen molar-refractivity contribution < 1.29 is 4.39 Å². The number of hydrogen-bond donors (Lipinski definition) is 2. The molecule has 0 aromatic heterocycles. The highest BCUT2D eigenvalue weighted by atomic mass is 32.2. The molecule has 5 heteroatoms. The van der Waals surface area contributed by atoms with Crippen molar-refractivity contribution in [1.82, 2.24) is 5.32 Å². The summed E-state index contributed by atoms with van der Waals surface area (Å²) in [7, 11) is 0. The Labute approximate surface area is 111 Å². The molecule has 3 rings (SSSR count). The zero-order valence-corrected chi connectivity index (χ0v) is 11.1. The quantitative estimate of drug-likeness (QED) is 0.764. The molecule has 0 spiro atoms. The van der Waals surface area contributed by atoms with E-state index in [0.29, 0.717) is 6.04 Å². The summed E-state index contributed by atoms with van der Waals surface area (Å²) in [4.78, 5) is 3.45. The van der Waals surface area contributed by atoms with E-state index in [1.165, 1.54) is 0 Å². The third-order valence-corrected chi connectivity index (χ3v) is 4.75. The number of thioether (sulfide) groups is 1. The molecular weight excluding hydrogens is 249 g/mol. The second-order valence-electron chi connectivity index (χ2n) is 4.86. The van der Waals surface area contributed by atoms with Gasteiger partial charge in [-0.15, -0.1) is 11.8 Å². The van der Waals surface area contributed by atoms with Crippen LogP contribution in [-0.4, -0.2) is 31.4 Å². The van der Waals surface area contributed by atoms with Gasteiger partial charge >= 0.3 is 0 Å². The Hall–Kier alpha value is -0.940. The summed E-state index contributed by atoms with van der Waals surface area (Å²) < 4.78 is 13.5. The lowest BCUT2D eigenvalue weighted by atomic mass is 10.0. The number of nitrogens with two attached hydrogens (primary N) is 1. The molecule has 1 aromatic carbocycles. The molecule has 1 saturated heterocycles. The van der Waals surface area contributed by atoms with Gasteiger partial charge in [0.25, 0.3) is 0 Å². The van der Waals surface area contributed by atoms with Crippen LogP contribution in [0.2, 0.25) is 0 Å². The Bertz CT molecular complexity index is 446. The summed E-state index contributed by atoms with van der Waals surface area (Å²) in [6, 6.07) is 3.96. The standard InChI is InChI=1S/C13H18FN3S/c14-10-7-13-12(8-11(10)15)17(5-6-18-13)9-1-3-16-4-2-9/h7-9,16H,1-6,15H2. The van der Waals surface area contributed by atoms with Crippen LogP contribution >= 0.6 is 11.8 Å². The average molecular weight is 267 g/mol. The minimum atomic E-state index is -0.298. The minimum absolute atomic E-state index is 0.259. The molecule has 0 aliphatic carbocycles. The zero-order chi connectivity index (χ0) is 12.5. The van der Waals surface area contributed by atoms with Gasteiger partial charge in [-0.05, 0) is 38.1 Å². The Morgan fingerprint density at radius 2 is 2.11 bits per heavy atom. The van der Waals surface area contributed by atoms with E-state index < -0.39 is 0 Å². The fourth-order valence-electron chi connectivity index (χ4n) is 2.77. The molecule has 0 unspecified atom stereocenters. The first kappa shape index (κ1) is 12.1. The van der Waals surface area contributed by atoms with Gasteiger partial charge < -0.3 is 16.0 Å². The smallest absolute Gasteiger partial charge is 0.147 e. The minimum Gasteiger partial charge on any atom is -0.396 e. The molecule has 18 heavy (non-hydrogen) atoms. The number of piperidine rings is 1. The molecular formula is C13H18FN3S. The van der Waals surface area contributed by atoms with Gasteiger partial charge in [-0.2, -0.15) is 0 Å². The largest absolute Gasteiger partial charge is 0.396 e. The summed E-state index contributed by atoms with van der Waals surface area (Å²) in [6.07, 6.45) is 2.31. The third kappa shape index (κ3) is 2.17. The van der Waals surface area contributed by atoms with E-state index in [1.807, 2.05) is 0 Å². The zero-order valence-electron chi connectivity index (χ0n) is 10.3. The predicted molar refractivity (Wildman–Crippen MR) is 74.8 cm³/mol. The lowest BCUT2D eigenvalue weighted by molar-refractivity contribution is 0.432. The molecule has 2 aliphatic heterocycles. The van der Waals surface area contributed by atoms with E-state index in [9.17, 15) is 4.39 Å². The summed E-state index contributed by atoms with van der Waals surface area (Å²) >= 11 is 1.73. The van der Waals surface area contributed by atoms with Crippen molar-refractivity contribution in [3.05, 3.63) is 17.9 Å². The second kappa shape index (κ2) is 4.97. The van der Waals surface area contributed by atoms with E-state index in [0.717, 1.165) is 48.8 Å². The predicted octanol–water partition coefficient (Wildman–Crippen LogP) is 2.07. The number of rotatable bonds is 1. The maximum Gasteiger partial charge on any atom is 0.147 e. The topological polar surface area (TPSA) is 41.3 Å². The van der Waals surface area contributed by atoms with Gasteiger partial charge in [-0.25, -0.2) is 4.39 Å². The number of benzene rings is 1. The van der Waals surface area contributed by atoms with Gasteiger partial charge in [0.1, 0.15) is 5.82 Å². The van der Waals surface area contributed by atoms with Crippen molar-refractivity contribution in [2.24, 2.45) is 0 Å². The highest BCUT2D eigenvalue weighted by Crippen LogP contribution is 2.39. The number of nitrogens with zero attached hydrogens (tertiary/aromatic N) is 1. The number of nitrogens with one attached hydrogen (secondary N) is 1. The maximum absolute atomic E-state index is 13.5. The van der Waals surface area contributed by atoms with Gasteiger partial charge in [0.2, 0.25) is 0 Å². The summed E-state index contributed by atoms with van der Waals surface area (Å²) in [6.45, 7) is 3.17. The van der Waals surface area contributed by atoms with E-state index in [4.69, 9.17) is 5.73 Å². The maximum atomic E-state index is 13.5. The summed E-state index contributed by atoms with van der Waals surface area (Å²) in [5, 5.41) is 3.38. The molecule has 3 nitrogen and oxygen atoms in total. The molecule has 3 N–H and O–H groups in total. The molecule has 0 bridgehead atoms. The van der Waals surface area contributed by atoms with Gasteiger partial charge in [-0.3, -0.25) is 0 Å². The van der Waals surface area contributed by atoms with Crippen molar-refractivity contribution in [3.8, 4) is 0 Å². The molecule has 1 fully saturated rings. The van der Waals surface area contributed by atoms with Crippen LogP contribution in [0.25, 0.3) is 0 Å². The molecule has 0 saturated carbocycles. The number of nitrogen functional groups attached to an aromatic ring is 1. The Morgan fingerprint density at radius 1 is 1.33 bits per heavy atom. The Balaban J connectivity index is 1.92. The number of hydrogen-bond acceptors (Lipinski definition) is 4. The van der Waals surface area contributed by atoms with E-state index in [-0.39, 0.29) is 11.5 Å². The Morgan fingerprint density at radius 3 is 2.89 bits per heavy atom. The van der Waals surface area contributed by atoms with E-state index in [2.05, 4.69) is 10.2 Å². The normalized spacial score (nSPS) is 20.8. The van der Waals surface area contributed by atoms with Gasteiger partial charge in [0.15, 0.2) is 0 Å². The summed E-state index contributed by atoms with van der Waals surface area (Å²) in [5.41, 5.74) is 7.09. The first-order valence-electron chi connectivity index (χ1n) is 6.45. The number of anilines is 2. The third-order valence-electron chi connectivity index (χ3n) is 3.73. The number of halogens is 1. The molecule has 2 heterocycles. The highest BCUT2D eigenvalue weighted by Gasteiger charge is 2.26. The van der Waals surface area contributed by atoms with Crippen molar-refractivity contribution in [1.29, 1.82) is 0 Å². The monoisotopic (exact) mass is 267 g/mol. The molecule has 0 radical (unpaired) electrons. The number of fused-ring (bicyclic) bond motifs is 1.